The number of rotatable bonds is 5. The number of carbonyl (C=O) groups is 2. The molecule has 1 aliphatic rings. The first-order valence-corrected chi connectivity index (χ1v) is 5.46. The number of hydrogen-bond donors (Lipinski definition) is 0. The zero-order valence-corrected chi connectivity index (χ0v) is 10.1. The molecule has 0 heterocycles. The van der Waals surface area contributed by atoms with Crippen LogP contribution in [0.4, 0.5) is 0 Å². The summed E-state index contributed by atoms with van der Waals surface area (Å²) < 4.78 is 9.96. The van der Waals surface area contributed by atoms with Gasteiger partial charge in [0.2, 0.25) is 5.78 Å². The van der Waals surface area contributed by atoms with E-state index in [1.54, 1.807) is 13.0 Å². The maximum atomic E-state index is 11.6. The van der Waals surface area contributed by atoms with Crippen LogP contribution in [0.25, 0.3) is 0 Å². The number of esters is 1. The third kappa shape index (κ3) is 3.90. The third-order valence-electron chi connectivity index (χ3n) is 2.11. The first kappa shape index (κ1) is 13.2. The molecule has 0 saturated heterocycles. The molecule has 0 amide bonds. The van der Waals surface area contributed by atoms with Crippen LogP contribution in [0.5, 0.6) is 0 Å². The van der Waals surface area contributed by atoms with Gasteiger partial charge in [0.1, 0.15) is 0 Å². The largest absolute Gasteiger partial charge is 0.478 e. The molecule has 0 aromatic carbocycles. The van der Waals surface area contributed by atoms with Gasteiger partial charge in [-0.15, -0.1) is 0 Å². The minimum atomic E-state index is -0.474. The molecule has 0 aliphatic heterocycles. The minimum Gasteiger partial charge on any atom is -0.478 e. The Balaban J connectivity index is 2.50. The van der Waals surface area contributed by atoms with Crippen molar-refractivity contribution in [3.63, 3.8) is 0 Å². The maximum Gasteiger partial charge on any atom is 0.344 e. The van der Waals surface area contributed by atoms with E-state index in [0.29, 0.717) is 17.8 Å². The number of carbonyl (C=O) groups excluding carboxylic acids is 2. The summed E-state index contributed by atoms with van der Waals surface area (Å²) in [6, 6.07) is 0. The third-order valence-corrected chi connectivity index (χ3v) is 2.11. The first-order valence-electron chi connectivity index (χ1n) is 5.46. The summed E-state index contributed by atoms with van der Waals surface area (Å²) in [5.41, 5.74) is 1.23. The number of ketones is 1. The summed E-state index contributed by atoms with van der Waals surface area (Å²) >= 11 is 0. The molecule has 4 heteroatoms. The van der Waals surface area contributed by atoms with Crippen molar-refractivity contribution in [2.24, 2.45) is 0 Å². The normalized spacial score (nSPS) is 15.2. The van der Waals surface area contributed by atoms with E-state index in [2.05, 4.69) is 6.58 Å². The van der Waals surface area contributed by atoms with E-state index < -0.39 is 5.97 Å². The lowest BCUT2D eigenvalue weighted by Gasteiger charge is -2.13. The zero-order valence-electron chi connectivity index (χ0n) is 10.1. The van der Waals surface area contributed by atoms with Gasteiger partial charge in [0.15, 0.2) is 12.4 Å². The lowest BCUT2D eigenvalue weighted by molar-refractivity contribution is -0.147. The van der Waals surface area contributed by atoms with E-state index in [1.807, 2.05) is 6.92 Å². The number of hydrogen-bond acceptors (Lipinski definition) is 4. The Morgan fingerprint density at radius 2 is 2.12 bits per heavy atom. The van der Waals surface area contributed by atoms with Crippen LogP contribution in [0.15, 0.2) is 35.6 Å². The highest BCUT2D eigenvalue weighted by molar-refractivity contribution is 6.08. The van der Waals surface area contributed by atoms with Crippen LogP contribution in [-0.4, -0.2) is 25.0 Å². The molecule has 0 fully saturated rings. The average molecular weight is 236 g/mol. The second-order valence-corrected chi connectivity index (χ2v) is 3.75. The van der Waals surface area contributed by atoms with Gasteiger partial charge in [0, 0.05) is 5.57 Å². The highest BCUT2D eigenvalue weighted by Gasteiger charge is 2.18. The van der Waals surface area contributed by atoms with Gasteiger partial charge in [-0.25, -0.2) is 4.79 Å². The quantitative estimate of drug-likeness (QED) is 0.684. The fourth-order valence-corrected chi connectivity index (χ4v) is 1.32. The molecule has 0 N–H and O–H groups in total. The molecule has 0 saturated carbocycles. The Morgan fingerprint density at radius 3 is 2.76 bits per heavy atom. The van der Waals surface area contributed by atoms with Gasteiger partial charge in [0.05, 0.1) is 6.61 Å². The van der Waals surface area contributed by atoms with Crippen LogP contribution < -0.4 is 0 Å². The van der Waals surface area contributed by atoms with Crippen LogP contribution in [0, 0.1) is 0 Å². The van der Waals surface area contributed by atoms with Crippen LogP contribution in [0.3, 0.4) is 0 Å². The standard InChI is InChI=1S/C13H16O4/c1-4-5-16-12(14)8-17-11-7-9(2)6-10(3)13(11)15/h6-7H,2,4-5,8H2,1,3H3. The second kappa shape index (κ2) is 6.03. The highest BCUT2D eigenvalue weighted by Crippen LogP contribution is 2.18. The highest BCUT2D eigenvalue weighted by atomic mass is 16.6. The van der Waals surface area contributed by atoms with Crippen molar-refractivity contribution in [2.75, 3.05) is 13.2 Å². The molecular weight excluding hydrogens is 220 g/mol. The molecule has 1 aliphatic carbocycles. The second-order valence-electron chi connectivity index (χ2n) is 3.75. The summed E-state index contributed by atoms with van der Waals surface area (Å²) in [6.45, 7) is 7.42. The van der Waals surface area contributed by atoms with Gasteiger partial charge >= 0.3 is 5.97 Å². The fraction of sp³-hybridized carbons (Fsp3) is 0.385. The molecule has 4 nitrogen and oxygen atoms in total. The fourth-order valence-electron chi connectivity index (χ4n) is 1.32. The van der Waals surface area contributed by atoms with Crippen molar-refractivity contribution in [3.05, 3.63) is 35.6 Å². The Hall–Kier alpha value is -1.84. The summed E-state index contributed by atoms with van der Waals surface area (Å²) in [6.07, 6.45) is 3.94. The predicted molar refractivity (Wildman–Crippen MR) is 63.2 cm³/mol. The van der Waals surface area contributed by atoms with Gasteiger partial charge in [-0.3, -0.25) is 4.79 Å². The monoisotopic (exact) mass is 236 g/mol. The van der Waals surface area contributed by atoms with Crippen molar-refractivity contribution in [2.45, 2.75) is 20.3 Å². The Kier molecular flexibility index (Phi) is 4.69. The van der Waals surface area contributed by atoms with Gasteiger partial charge in [-0.05, 0) is 31.1 Å². The van der Waals surface area contributed by atoms with Crippen molar-refractivity contribution < 1.29 is 19.1 Å². The molecular formula is C13H16O4. The molecule has 0 aromatic rings. The molecule has 0 aromatic heterocycles. The molecule has 17 heavy (non-hydrogen) atoms. The lowest BCUT2D eigenvalue weighted by Crippen LogP contribution is -2.18. The van der Waals surface area contributed by atoms with Crippen molar-refractivity contribution in [1.29, 1.82) is 0 Å². The van der Waals surface area contributed by atoms with Crippen molar-refractivity contribution in [1.82, 2.24) is 0 Å². The predicted octanol–water partition coefficient (Wildman–Crippen LogP) is 1.93. The molecule has 0 bridgehead atoms. The Morgan fingerprint density at radius 1 is 1.41 bits per heavy atom. The van der Waals surface area contributed by atoms with Crippen LogP contribution >= 0.6 is 0 Å². The van der Waals surface area contributed by atoms with Crippen molar-refractivity contribution >= 4 is 11.8 Å². The summed E-state index contributed by atoms with van der Waals surface area (Å²) in [7, 11) is 0. The van der Waals surface area contributed by atoms with Gasteiger partial charge in [0.25, 0.3) is 0 Å². The molecule has 0 spiro atoms. The summed E-state index contributed by atoms with van der Waals surface area (Å²) in [5.74, 6) is -0.553. The number of ether oxygens (including phenoxy) is 2. The number of allylic oxidation sites excluding steroid dienone is 4. The van der Waals surface area contributed by atoms with Crippen LogP contribution in [-0.2, 0) is 19.1 Å². The summed E-state index contributed by atoms with van der Waals surface area (Å²) in [4.78, 5) is 22.8. The zero-order chi connectivity index (χ0) is 12.8. The summed E-state index contributed by atoms with van der Waals surface area (Å²) in [5, 5.41) is 0. The lowest BCUT2D eigenvalue weighted by atomic mass is 10.0. The first-order chi connectivity index (χ1) is 8.04. The van der Waals surface area contributed by atoms with E-state index in [9.17, 15) is 9.59 Å². The molecule has 1 rings (SSSR count). The van der Waals surface area contributed by atoms with Gasteiger partial charge in [-0.1, -0.05) is 13.5 Å². The average Bonchev–Trinajstić information content (AvgIpc) is 2.29. The molecule has 0 radical (unpaired) electrons. The molecule has 92 valence electrons. The smallest absolute Gasteiger partial charge is 0.344 e. The van der Waals surface area contributed by atoms with E-state index in [0.717, 1.165) is 6.42 Å². The van der Waals surface area contributed by atoms with Gasteiger partial charge in [-0.2, -0.15) is 0 Å². The minimum absolute atomic E-state index is 0.142. The van der Waals surface area contributed by atoms with E-state index in [4.69, 9.17) is 9.47 Å². The van der Waals surface area contributed by atoms with E-state index in [-0.39, 0.29) is 18.1 Å². The number of Topliss-reactive ketones (excluding diaryl/α,β-unsaturated/α-hetero) is 1. The Bertz CT molecular complexity index is 402. The molecule has 0 unspecified atom stereocenters. The van der Waals surface area contributed by atoms with Crippen molar-refractivity contribution in [3.8, 4) is 0 Å². The Labute approximate surface area is 101 Å². The topological polar surface area (TPSA) is 52.6 Å². The molecule has 0 atom stereocenters. The maximum absolute atomic E-state index is 11.6. The van der Waals surface area contributed by atoms with E-state index >= 15 is 0 Å². The van der Waals surface area contributed by atoms with Crippen LogP contribution in [0.2, 0.25) is 0 Å². The SMILES string of the molecule is C=C1C=C(C)C(=O)C(OCC(=O)OCCC)=C1. The van der Waals surface area contributed by atoms with Crippen LogP contribution in [0.1, 0.15) is 20.3 Å². The van der Waals surface area contributed by atoms with Gasteiger partial charge < -0.3 is 9.47 Å². The van der Waals surface area contributed by atoms with E-state index in [1.165, 1.54) is 6.08 Å².